The Bertz CT molecular complexity index is 1190. The van der Waals surface area contributed by atoms with Crippen LogP contribution in [0.4, 0.5) is 0 Å². The Balaban J connectivity index is 1.53. The zero-order valence-electron chi connectivity index (χ0n) is 17.1. The van der Waals surface area contributed by atoms with Crippen LogP contribution in [-0.2, 0) is 0 Å². The molecule has 1 aliphatic rings. The van der Waals surface area contributed by atoms with Crippen LogP contribution in [0.1, 0.15) is 35.1 Å². The summed E-state index contributed by atoms with van der Waals surface area (Å²) < 4.78 is 7.31. The molecule has 3 heterocycles. The number of ether oxygens (including phenoxy) is 1. The maximum Gasteiger partial charge on any atom is 0.294 e. The van der Waals surface area contributed by atoms with Crippen LogP contribution in [0.2, 0.25) is 0 Å². The van der Waals surface area contributed by atoms with Crippen LogP contribution in [0, 0.1) is 0 Å². The summed E-state index contributed by atoms with van der Waals surface area (Å²) in [5, 5.41) is 6.64. The van der Waals surface area contributed by atoms with E-state index in [-0.39, 0.29) is 17.8 Å². The summed E-state index contributed by atoms with van der Waals surface area (Å²) in [4.78, 5) is 21.1. The highest BCUT2D eigenvalue weighted by Crippen LogP contribution is 2.37. The van der Waals surface area contributed by atoms with Gasteiger partial charge < -0.3 is 9.64 Å². The van der Waals surface area contributed by atoms with E-state index < -0.39 is 0 Å². The van der Waals surface area contributed by atoms with E-state index in [1.807, 2.05) is 77.0 Å². The Hall–Kier alpha value is -3.45. The number of hydrogen-bond donors (Lipinski definition) is 0. The summed E-state index contributed by atoms with van der Waals surface area (Å²) in [5.41, 5.74) is 1.90. The molecule has 1 unspecified atom stereocenters. The zero-order chi connectivity index (χ0) is 21.2. The van der Waals surface area contributed by atoms with Gasteiger partial charge in [-0.1, -0.05) is 42.5 Å². The molecule has 0 saturated carbocycles. The second kappa shape index (κ2) is 8.35. The number of nitrogens with zero attached hydrogens (tertiary/aromatic N) is 4. The van der Waals surface area contributed by atoms with E-state index in [2.05, 4.69) is 10.1 Å². The minimum atomic E-state index is -0.152. The summed E-state index contributed by atoms with van der Waals surface area (Å²) >= 11 is 1.58. The molecule has 0 radical (unpaired) electrons. The number of rotatable bonds is 5. The Morgan fingerprint density at radius 1 is 1.06 bits per heavy atom. The number of thiophene rings is 1. The Morgan fingerprint density at radius 2 is 1.87 bits per heavy atom. The molecule has 5 rings (SSSR count). The smallest absolute Gasteiger partial charge is 0.294 e. The number of carbonyl (C=O) groups excluding carboxylic acids is 1. The molecule has 1 atom stereocenters. The lowest BCUT2D eigenvalue weighted by Crippen LogP contribution is -2.31. The molecule has 0 aliphatic carbocycles. The largest absolute Gasteiger partial charge is 0.496 e. The molecule has 1 fully saturated rings. The third-order valence-electron chi connectivity index (χ3n) is 5.55. The minimum absolute atomic E-state index is 0.0440. The van der Waals surface area contributed by atoms with Gasteiger partial charge in [-0.3, -0.25) is 4.79 Å². The van der Waals surface area contributed by atoms with Crippen molar-refractivity contribution in [3.8, 4) is 22.1 Å². The van der Waals surface area contributed by atoms with Gasteiger partial charge in [0.2, 0.25) is 5.82 Å². The van der Waals surface area contributed by atoms with Gasteiger partial charge in [-0.25, -0.2) is 9.67 Å². The van der Waals surface area contributed by atoms with Crippen molar-refractivity contribution in [2.24, 2.45) is 0 Å². The molecule has 0 N–H and O–H groups in total. The maximum absolute atomic E-state index is 13.5. The van der Waals surface area contributed by atoms with Gasteiger partial charge in [0.05, 0.1) is 23.7 Å². The summed E-state index contributed by atoms with van der Waals surface area (Å²) in [6, 6.07) is 21.6. The van der Waals surface area contributed by atoms with Gasteiger partial charge in [0.25, 0.3) is 5.91 Å². The number of benzene rings is 2. The van der Waals surface area contributed by atoms with Gasteiger partial charge in [0.1, 0.15) is 5.75 Å². The molecule has 31 heavy (non-hydrogen) atoms. The van der Waals surface area contributed by atoms with Crippen LogP contribution in [0.3, 0.4) is 0 Å². The first-order valence-corrected chi connectivity index (χ1v) is 11.1. The van der Waals surface area contributed by atoms with Crippen LogP contribution >= 0.6 is 11.3 Å². The van der Waals surface area contributed by atoms with Gasteiger partial charge in [-0.05, 0) is 42.5 Å². The molecule has 4 aromatic rings. The van der Waals surface area contributed by atoms with E-state index in [0.717, 1.165) is 34.7 Å². The van der Waals surface area contributed by atoms with Crippen molar-refractivity contribution >= 4 is 17.2 Å². The predicted molar refractivity (Wildman–Crippen MR) is 121 cm³/mol. The fourth-order valence-electron chi connectivity index (χ4n) is 4.12. The fraction of sp³-hybridized carbons (Fsp3) is 0.208. The highest BCUT2D eigenvalue weighted by molar-refractivity contribution is 7.13. The standard InChI is InChI=1S/C24H22N4O2S/c1-30-20-13-6-5-11-18(20)19-12-7-15-27(19)24(29)22-25-23(21-14-8-16-31-21)28(26-22)17-9-3-2-4-10-17/h2-6,8-11,13-14,16,19H,7,12,15H2,1H3. The van der Waals surface area contributed by atoms with Crippen molar-refractivity contribution in [2.45, 2.75) is 18.9 Å². The van der Waals surface area contributed by atoms with E-state index in [1.165, 1.54) is 0 Å². The van der Waals surface area contributed by atoms with Crippen molar-refractivity contribution < 1.29 is 9.53 Å². The van der Waals surface area contributed by atoms with Crippen LogP contribution in [0.5, 0.6) is 5.75 Å². The van der Waals surface area contributed by atoms with Gasteiger partial charge in [-0.2, -0.15) is 0 Å². The first kappa shape index (κ1) is 19.5. The number of methoxy groups -OCH3 is 1. The SMILES string of the molecule is COc1ccccc1C1CCCN1C(=O)c1nc(-c2cccs2)n(-c2ccccc2)n1. The Labute approximate surface area is 184 Å². The zero-order valence-corrected chi connectivity index (χ0v) is 18.0. The Morgan fingerprint density at radius 3 is 2.65 bits per heavy atom. The van der Waals surface area contributed by atoms with Crippen molar-refractivity contribution in [2.75, 3.05) is 13.7 Å². The average Bonchev–Trinajstić information content (AvgIpc) is 3.59. The quantitative estimate of drug-likeness (QED) is 0.448. The summed E-state index contributed by atoms with van der Waals surface area (Å²) in [5.74, 6) is 1.54. The summed E-state index contributed by atoms with van der Waals surface area (Å²) in [7, 11) is 1.66. The molecule has 7 heteroatoms. The van der Waals surface area contributed by atoms with E-state index in [1.54, 1.807) is 23.1 Å². The Kier molecular flexibility index (Phi) is 5.26. The topological polar surface area (TPSA) is 60.2 Å². The number of amides is 1. The number of aromatic nitrogens is 3. The molecule has 0 spiro atoms. The number of hydrogen-bond acceptors (Lipinski definition) is 5. The van der Waals surface area contributed by atoms with Crippen LogP contribution in [0.25, 0.3) is 16.4 Å². The molecule has 2 aromatic heterocycles. The number of carbonyl (C=O) groups is 1. The highest BCUT2D eigenvalue weighted by atomic mass is 32.1. The lowest BCUT2D eigenvalue weighted by Gasteiger charge is -2.25. The molecule has 6 nitrogen and oxygen atoms in total. The first-order valence-electron chi connectivity index (χ1n) is 10.3. The van der Waals surface area contributed by atoms with Gasteiger partial charge in [0.15, 0.2) is 5.82 Å². The van der Waals surface area contributed by atoms with Gasteiger partial charge in [-0.15, -0.1) is 16.4 Å². The molecule has 0 bridgehead atoms. The normalized spacial score (nSPS) is 15.9. The van der Waals surface area contributed by atoms with Crippen LogP contribution < -0.4 is 4.74 Å². The number of likely N-dealkylation sites (tertiary alicyclic amines) is 1. The molecular formula is C24H22N4O2S. The van der Waals surface area contributed by atoms with Crippen molar-refractivity contribution in [3.63, 3.8) is 0 Å². The summed E-state index contributed by atoms with van der Waals surface area (Å²) in [6.07, 6.45) is 1.83. The van der Waals surface area contributed by atoms with Gasteiger partial charge in [0, 0.05) is 12.1 Å². The third-order valence-corrected chi connectivity index (χ3v) is 6.42. The van der Waals surface area contributed by atoms with Crippen molar-refractivity contribution in [3.05, 3.63) is 83.5 Å². The molecule has 156 valence electrons. The highest BCUT2D eigenvalue weighted by Gasteiger charge is 2.34. The lowest BCUT2D eigenvalue weighted by atomic mass is 10.0. The second-order valence-electron chi connectivity index (χ2n) is 7.38. The predicted octanol–water partition coefficient (Wildman–Crippen LogP) is 4.98. The van der Waals surface area contributed by atoms with E-state index in [0.29, 0.717) is 12.4 Å². The first-order chi connectivity index (χ1) is 15.3. The molecule has 1 amide bonds. The molecular weight excluding hydrogens is 408 g/mol. The van der Waals surface area contributed by atoms with Crippen molar-refractivity contribution in [1.82, 2.24) is 19.7 Å². The maximum atomic E-state index is 13.5. The van der Waals surface area contributed by atoms with Crippen molar-refractivity contribution in [1.29, 1.82) is 0 Å². The number of para-hydroxylation sites is 2. The lowest BCUT2D eigenvalue weighted by molar-refractivity contribution is 0.0722. The third kappa shape index (κ3) is 3.61. The molecule has 1 saturated heterocycles. The monoisotopic (exact) mass is 430 g/mol. The molecule has 2 aromatic carbocycles. The van der Waals surface area contributed by atoms with E-state index >= 15 is 0 Å². The molecule has 1 aliphatic heterocycles. The van der Waals surface area contributed by atoms with Crippen LogP contribution in [-0.4, -0.2) is 39.2 Å². The minimum Gasteiger partial charge on any atom is -0.496 e. The van der Waals surface area contributed by atoms with E-state index in [4.69, 9.17) is 4.74 Å². The second-order valence-corrected chi connectivity index (χ2v) is 8.33. The fourth-order valence-corrected chi connectivity index (χ4v) is 4.82. The van der Waals surface area contributed by atoms with E-state index in [9.17, 15) is 4.79 Å². The van der Waals surface area contributed by atoms with Gasteiger partial charge >= 0.3 is 0 Å². The van der Waals surface area contributed by atoms with Crippen LogP contribution in [0.15, 0.2) is 72.1 Å². The average molecular weight is 431 g/mol. The summed E-state index contributed by atoms with van der Waals surface area (Å²) in [6.45, 7) is 0.676.